The van der Waals surface area contributed by atoms with Crippen LogP contribution in [0.25, 0.3) is 0 Å². The summed E-state index contributed by atoms with van der Waals surface area (Å²) in [7, 11) is 1.22. The molecule has 0 saturated heterocycles. The molecule has 0 aliphatic carbocycles. The van der Waals surface area contributed by atoms with Gasteiger partial charge in [0.1, 0.15) is 10.7 Å². The quantitative estimate of drug-likeness (QED) is 0.298. The van der Waals surface area contributed by atoms with E-state index >= 15 is 0 Å². The molecule has 10 nitrogen and oxygen atoms in total. The van der Waals surface area contributed by atoms with Crippen LogP contribution in [0.5, 0.6) is 0 Å². The maximum absolute atomic E-state index is 13.1. The summed E-state index contributed by atoms with van der Waals surface area (Å²) >= 11 is 6.20. The lowest BCUT2D eigenvalue weighted by Crippen LogP contribution is -2.32. The Kier molecular flexibility index (Phi) is 8.30. The zero-order valence-corrected chi connectivity index (χ0v) is 22.4. The molecule has 0 unspecified atom stereocenters. The Morgan fingerprint density at radius 3 is 2.05 bits per heavy atom. The fraction of sp³-hybridized carbons (Fsp3) is 0.138. The van der Waals surface area contributed by atoms with Crippen molar-refractivity contribution in [2.24, 2.45) is 0 Å². The van der Waals surface area contributed by atoms with Crippen molar-refractivity contribution in [1.82, 2.24) is 0 Å². The number of methoxy groups -OCH3 is 1. The van der Waals surface area contributed by atoms with E-state index in [2.05, 4.69) is 10.6 Å². The number of amides is 3. The first-order valence-corrected chi connectivity index (χ1v) is 12.4. The van der Waals surface area contributed by atoms with Gasteiger partial charge in [-0.3, -0.25) is 14.4 Å². The van der Waals surface area contributed by atoms with Crippen LogP contribution in [0.4, 0.5) is 17.1 Å². The van der Waals surface area contributed by atoms with Crippen molar-refractivity contribution in [3.05, 3.63) is 100 Å². The Balaban J connectivity index is 1.42. The van der Waals surface area contributed by atoms with Gasteiger partial charge in [0.15, 0.2) is 0 Å². The van der Waals surface area contributed by atoms with Crippen molar-refractivity contribution in [2.75, 3.05) is 22.6 Å². The summed E-state index contributed by atoms with van der Waals surface area (Å²) < 4.78 is 9.84. The molecule has 3 amide bonds. The van der Waals surface area contributed by atoms with Gasteiger partial charge in [-0.1, -0.05) is 17.7 Å². The minimum absolute atomic E-state index is 0.150. The van der Waals surface area contributed by atoms with Crippen molar-refractivity contribution < 1.29 is 33.4 Å². The predicted molar refractivity (Wildman–Crippen MR) is 148 cm³/mol. The van der Waals surface area contributed by atoms with Gasteiger partial charge in [-0.25, -0.2) is 14.5 Å². The molecule has 40 heavy (non-hydrogen) atoms. The third kappa shape index (κ3) is 6.02. The van der Waals surface area contributed by atoms with Crippen LogP contribution < -0.4 is 15.5 Å². The lowest BCUT2D eigenvalue weighted by molar-refractivity contribution is -0.120. The van der Waals surface area contributed by atoms with Crippen LogP contribution in [0.3, 0.4) is 0 Å². The van der Waals surface area contributed by atoms with Crippen LogP contribution in [0, 0.1) is 0 Å². The van der Waals surface area contributed by atoms with Crippen molar-refractivity contribution >= 4 is 58.3 Å². The van der Waals surface area contributed by atoms with Crippen molar-refractivity contribution in [3.63, 3.8) is 0 Å². The number of anilines is 3. The summed E-state index contributed by atoms with van der Waals surface area (Å²) in [5.41, 5.74) is 1.75. The molecule has 0 saturated carbocycles. The van der Waals surface area contributed by atoms with Crippen molar-refractivity contribution in [2.45, 2.75) is 20.0 Å². The van der Waals surface area contributed by atoms with Crippen LogP contribution in [0.2, 0.25) is 0 Å². The maximum atomic E-state index is 13.1. The van der Waals surface area contributed by atoms with Crippen molar-refractivity contribution in [1.29, 1.82) is 0 Å². The lowest BCUT2D eigenvalue weighted by atomic mass is 10.1. The molecule has 1 aliphatic heterocycles. The third-order valence-electron chi connectivity index (χ3n) is 5.69. The number of hydrogen-bond donors (Lipinski definition) is 2. The summed E-state index contributed by atoms with van der Waals surface area (Å²) in [5, 5.41) is 5.25. The van der Waals surface area contributed by atoms with Gasteiger partial charge in [0.25, 0.3) is 17.7 Å². The van der Waals surface area contributed by atoms with E-state index in [1.54, 1.807) is 50.2 Å². The highest BCUT2D eigenvalue weighted by Gasteiger charge is 2.39. The number of hydrogen-bond acceptors (Lipinski definition) is 8. The first kappa shape index (κ1) is 28.1. The van der Waals surface area contributed by atoms with E-state index in [4.69, 9.17) is 21.1 Å². The summed E-state index contributed by atoms with van der Waals surface area (Å²) in [6.45, 7) is 3.51. The molecule has 0 radical (unpaired) electrons. The first-order valence-electron chi connectivity index (χ1n) is 12.1. The second-order valence-corrected chi connectivity index (χ2v) is 9.24. The number of carbonyl (C=O) groups is 5. The van der Waals surface area contributed by atoms with Crippen molar-refractivity contribution in [3.8, 4) is 0 Å². The van der Waals surface area contributed by atoms with Crippen LogP contribution in [0.15, 0.2) is 83.5 Å². The zero-order chi connectivity index (χ0) is 29.0. The number of carbonyl (C=O) groups excluding carboxylic acids is 5. The average molecular weight is 562 g/mol. The second kappa shape index (κ2) is 11.8. The molecule has 204 valence electrons. The highest BCUT2D eigenvalue weighted by atomic mass is 35.5. The summed E-state index contributed by atoms with van der Waals surface area (Å²) in [6.07, 6.45) is -0.243. The molecule has 0 atom stereocenters. The van der Waals surface area contributed by atoms with E-state index in [1.165, 1.54) is 43.5 Å². The lowest BCUT2D eigenvalue weighted by Gasteiger charge is -2.16. The zero-order valence-electron chi connectivity index (χ0n) is 21.7. The molecule has 0 bridgehead atoms. The SMILES string of the molecule is COC(=O)c1cccc(N2C(=O)C(Cl)=C(Nc3ccc(C(=O)Nc4ccc(C(=O)OC(C)C)cc4)cc3)C2=O)c1. The number of benzene rings is 3. The topological polar surface area (TPSA) is 131 Å². The molecule has 0 spiro atoms. The summed E-state index contributed by atoms with van der Waals surface area (Å²) in [4.78, 5) is 63.2. The van der Waals surface area contributed by atoms with Gasteiger partial charge in [-0.05, 0) is 80.6 Å². The normalized spacial score (nSPS) is 13.0. The summed E-state index contributed by atoms with van der Waals surface area (Å²) in [5.74, 6) is -2.93. The van der Waals surface area contributed by atoms with E-state index < -0.39 is 29.7 Å². The highest BCUT2D eigenvalue weighted by molar-refractivity contribution is 6.53. The van der Waals surface area contributed by atoms with E-state index in [9.17, 15) is 24.0 Å². The molecule has 4 rings (SSSR count). The largest absolute Gasteiger partial charge is 0.465 e. The fourth-order valence-corrected chi connectivity index (χ4v) is 3.97. The molecule has 2 N–H and O–H groups in total. The van der Waals surface area contributed by atoms with Crippen LogP contribution in [-0.4, -0.2) is 42.9 Å². The maximum Gasteiger partial charge on any atom is 0.338 e. The number of nitrogens with one attached hydrogen (secondary N) is 2. The number of ether oxygens (including phenoxy) is 2. The smallest absolute Gasteiger partial charge is 0.338 e. The Labute approximate surface area is 234 Å². The number of esters is 2. The van der Waals surface area contributed by atoms with E-state index in [1.807, 2.05) is 0 Å². The van der Waals surface area contributed by atoms with Gasteiger partial charge in [0.2, 0.25) is 0 Å². The minimum atomic E-state index is -0.754. The van der Waals surface area contributed by atoms with Gasteiger partial charge in [-0.2, -0.15) is 0 Å². The van der Waals surface area contributed by atoms with Gasteiger partial charge in [-0.15, -0.1) is 0 Å². The van der Waals surface area contributed by atoms with E-state index in [0.717, 1.165) is 4.90 Å². The number of nitrogens with zero attached hydrogens (tertiary/aromatic N) is 1. The van der Waals surface area contributed by atoms with Gasteiger partial charge in [0, 0.05) is 16.9 Å². The Bertz CT molecular complexity index is 1530. The van der Waals surface area contributed by atoms with Crippen LogP contribution in [-0.2, 0) is 19.1 Å². The first-order chi connectivity index (χ1) is 19.1. The number of imide groups is 1. The number of rotatable bonds is 8. The van der Waals surface area contributed by atoms with Gasteiger partial charge < -0.3 is 20.1 Å². The van der Waals surface area contributed by atoms with Crippen LogP contribution in [0.1, 0.15) is 44.9 Å². The minimum Gasteiger partial charge on any atom is -0.465 e. The molecule has 11 heteroatoms. The third-order valence-corrected chi connectivity index (χ3v) is 6.04. The molecule has 1 heterocycles. The Morgan fingerprint density at radius 1 is 0.800 bits per heavy atom. The number of halogens is 1. The molecule has 3 aromatic rings. The molecular weight excluding hydrogens is 538 g/mol. The fourth-order valence-electron chi connectivity index (χ4n) is 3.76. The average Bonchev–Trinajstić information content (AvgIpc) is 3.15. The Morgan fingerprint density at radius 2 is 1.43 bits per heavy atom. The monoisotopic (exact) mass is 561 g/mol. The second-order valence-electron chi connectivity index (χ2n) is 8.86. The standard InChI is InChI=1S/C29H24ClN3O7/c1-16(2)40-29(38)18-9-13-21(14-10-18)32-25(34)17-7-11-20(12-8-17)31-24-23(30)26(35)33(27(24)36)22-6-4-5-19(15-22)28(37)39-3/h4-16,31H,1-3H3,(H,32,34). The Hall–Kier alpha value is -4.96. The molecule has 0 aromatic heterocycles. The van der Waals surface area contributed by atoms with Gasteiger partial charge in [0.05, 0.1) is 30.0 Å². The molecule has 1 aliphatic rings. The van der Waals surface area contributed by atoms with E-state index in [-0.39, 0.29) is 28.1 Å². The highest BCUT2D eigenvalue weighted by Crippen LogP contribution is 2.30. The van der Waals surface area contributed by atoms with E-state index in [0.29, 0.717) is 22.5 Å². The molecular formula is C29H24ClN3O7. The van der Waals surface area contributed by atoms with Crippen LogP contribution >= 0.6 is 11.6 Å². The predicted octanol–water partition coefficient (Wildman–Crippen LogP) is 4.73. The summed E-state index contributed by atoms with van der Waals surface area (Å²) in [6, 6.07) is 18.3. The van der Waals surface area contributed by atoms with Gasteiger partial charge >= 0.3 is 11.9 Å². The molecule has 0 fully saturated rings. The molecule has 3 aromatic carbocycles.